The molecular weight excluding hydrogens is 236 g/mol. The lowest BCUT2D eigenvalue weighted by molar-refractivity contribution is -0.385. The molecule has 98 valence electrons. The number of phenolic OH excluding ortho intramolecular Hbond substituents is 1. The molecule has 1 aromatic carbocycles. The predicted octanol–water partition coefficient (Wildman–Crippen LogP) is 2.17. The molecule has 0 fully saturated rings. The van der Waals surface area contributed by atoms with Crippen LogP contribution in [0.15, 0.2) is 18.2 Å². The number of nitrogens with zero attached hydrogens (tertiary/aromatic N) is 2. The van der Waals surface area contributed by atoms with Crippen molar-refractivity contribution in [2.75, 3.05) is 7.05 Å². The summed E-state index contributed by atoms with van der Waals surface area (Å²) in [7, 11) is 1.66. The molecule has 1 N–H and O–H groups in total. The molecule has 1 amide bonds. The summed E-state index contributed by atoms with van der Waals surface area (Å²) in [6, 6.07) is 3.67. The quantitative estimate of drug-likeness (QED) is 0.657. The Hall–Kier alpha value is -2.11. The summed E-state index contributed by atoms with van der Waals surface area (Å²) in [4.78, 5) is 23.4. The molecule has 18 heavy (non-hydrogen) atoms. The van der Waals surface area contributed by atoms with Gasteiger partial charge in [-0.3, -0.25) is 14.9 Å². The van der Waals surface area contributed by atoms with E-state index in [0.29, 0.717) is 0 Å². The maximum atomic E-state index is 12.0. The number of amides is 1. The van der Waals surface area contributed by atoms with Crippen LogP contribution in [0.4, 0.5) is 5.69 Å². The van der Waals surface area contributed by atoms with Crippen LogP contribution in [0.25, 0.3) is 0 Å². The lowest BCUT2D eigenvalue weighted by atomic mass is 10.1. The molecule has 6 nitrogen and oxygen atoms in total. The van der Waals surface area contributed by atoms with Crippen molar-refractivity contribution in [3.63, 3.8) is 0 Å². The number of aromatic hydroxyl groups is 1. The average molecular weight is 252 g/mol. The van der Waals surface area contributed by atoms with Gasteiger partial charge in [0.25, 0.3) is 5.91 Å². The average Bonchev–Trinajstić information content (AvgIpc) is 2.35. The lowest BCUT2D eigenvalue weighted by Crippen LogP contribution is -2.34. The molecule has 0 aliphatic heterocycles. The molecule has 1 aromatic rings. The zero-order chi connectivity index (χ0) is 13.9. The van der Waals surface area contributed by atoms with E-state index in [-0.39, 0.29) is 17.5 Å². The minimum atomic E-state index is -0.692. The van der Waals surface area contributed by atoms with E-state index in [2.05, 4.69) is 0 Å². The Morgan fingerprint density at radius 3 is 2.61 bits per heavy atom. The van der Waals surface area contributed by atoms with Crippen molar-refractivity contribution in [2.24, 2.45) is 0 Å². The Balaban J connectivity index is 3.01. The maximum Gasteiger partial charge on any atom is 0.310 e. The Labute approximate surface area is 105 Å². The SMILES string of the molecule is CCC(C)N(C)C(=O)c1ccc([N+](=O)[O-])c(O)c1. The molecule has 0 saturated heterocycles. The van der Waals surface area contributed by atoms with Gasteiger partial charge in [-0.05, 0) is 25.5 Å². The third-order valence-corrected chi connectivity index (χ3v) is 2.99. The fourth-order valence-corrected chi connectivity index (χ4v) is 1.49. The topological polar surface area (TPSA) is 83.7 Å². The van der Waals surface area contributed by atoms with Gasteiger partial charge in [-0.15, -0.1) is 0 Å². The smallest absolute Gasteiger partial charge is 0.310 e. The highest BCUT2D eigenvalue weighted by Gasteiger charge is 2.20. The summed E-state index contributed by atoms with van der Waals surface area (Å²) in [5.41, 5.74) is -0.168. The number of carbonyl (C=O) groups excluding carboxylic acids is 1. The van der Waals surface area contributed by atoms with Crippen LogP contribution in [0.3, 0.4) is 0 Å². The molecular formula is C12H16N2O4. The van der Waals surface area contributed by atoms with Crippen LogP contribution in [0.5, 0.6) is 5.75 Å². The molecule has 0 aliphatic carbocycles. The summed E-state index contributed by atoms with van der Waals surface area (Å²) < 4.78 is 0. The van der Waals surface area contributed by atoms with Gasteiger partial charge >= 0.3 is 5.69 Å². The summed E-state index contributed by atoms with van der Waals surface area (Å²) in [5.74, 6) is -0.766. The van der Waals surface area contributed by atoms with E-state index in [1.54, 1.807) is 11.9 Å². The molecule has 6 heteroatoms. The van der Waals surface area contributed by atoms with Gasteiger partial charge in [-0.25, -0.2) is 0 Å². The van der Waals surface area contributed by atoms with Gasteiger partial charge in [0.2, 0.25) is 0 Å². The van der Waals surface area contributed by atoms with Gasteiger partial charge in [0.1, 0.15) is 0 Å². The van der Waals surface area contributed by atoms with E-state index < -0.39 is 16.4 Å². The monoisotopic (exact) mass is 252 g/mol. The number of hydrogen-bond donors (Lipinski definition) is 1. The standard InChI is InChI=1S/C12H16N2O4/c1-4-8(2)13(3)12(16)9-5-6-10(14(17)18)11(15)7-9/h5-8,15H,4H2,1-3H3. The molecule has 1 unspecified atom stereocenters. The van der Waals surface area contributed by atoms with E-state index in [4.69, 9.17) is 0 Å². The first-order chi connectivity index (χ1) is 8.38. The minimum Gasteiger partial charge on any atom is -0.502 e. The maximum absolute atomic E-state index is 12.0. The third kappa shape index (κ3) is 2.77. The second kappa shape index (κ2) is 5.48. The molecule has 1 rings (SSSR count). The molecule has 0 aliphatic rings. The van der Waals surface area contributed by atoms with Crippen molar-refractivity contribution in [3.05, 3.63) is 33.9 Å². The van der Waals surface area contributed by atoms with Crippen LogP contribution in [0.1, 0.15) is 30.6 Å². The van der Waals surface area contributed by atoms with Crippen LogP contribution in [0, 0.1) is 10.1 Å². The van der Waals surface area contributed by atoms with E-state index in [0.717, 1.165) is 18.6 Å². The van der Waals surface area contributed by atoms with Gasteiger partial charge < -0.3 is 10.0 Å². The molecule has 1 atom stereocenters. The van der Waals surface area contributed by atoms with Crippen molar-refractivity contribution in [2.45, 2.75) is 26.3 Å². The molecule has 0 saturated carbocycles. The molecule has 0 spiro atoms. The first-order valence-corrected chi connectivity index (χ1v) is 5.63. The highest BCUT2D eigenvalue weighted by atomic mass is 16.6. The zero-order valence-electron chi connectivity index (χ0n) is 10.6. The Morgan fingerprint density at radius 1 is 1.56 bits per heavy atom. The number of carbonyl (C=O) groups is 1. The van der Waals surface area contributed by atoms with Crippen molar-refractivity contribution < 1.29 is 14.8 Å². The van der Waals surface area contributed by atoms with Crippen molar-refractivity contribution in [1.29, 1.82) is 0 Å². The first-order valence-electron chi connectivity index (χ1n) is 5.63. The zero-order valence-corrected chi connectivity index (χ0v) is 10.6. The second-order valence-electron chi connectivity index (χ2n) is 4.13. The summed E-state index contributed by atoms with van der Waals surface area (Å²) in [6.07, 6.45) is 0.807. The van der Waals surface area contributed by atoms with Gasteiger partial charge in [0.05, 0.1) is 4.92 Å². The van der Waals surface area contributed by atoms with Crippen molar-refractivity contribution in [3.8, 4) is 5.75 Å². The van der Waals surface area contributed by atoms with Crippen LogP contribution in [0.2, 0.25) is 0 Å². The summed E-state index contributed by atoms with van der Waals surface area (Å²) >= 11 is 0. The summed E-state index contributed by atoms with van der Waals surface area (Å²) in [5, 5.41) is 20.0. The van der Waals surface area contributed by atoms with Gasteiger partial charge in [-0.1, -0.05) is 6.92 Å². The van der Waals surface area contributed by atoms with Crippen LogP contribution in [-0.4, -0.2) is 33.9 Å². The second-order valence-corrected chi connectivity index (χ2v) is 4.13. The van der Waals surface area contributed by atoms with Crippen molar-refractivity contribution in [1.82, 2.24) is 4.90 Å². The highest BCUT2D eigenvalue weighted by Crippen LogP contribution is 2.26. The Bertz CT molecular complexity index is 473. The number of phenols is 1. The third-order valence-electron chi connectivity index (χ3n) is 2.99. The van der Waals surface area contributed by atoms with Crippen LogP contribution >= 0.6 is 0 Å². The lowest BCUT2D eigenvalue weighted by Gasteiger charge is -2.23. The van der Waals surface area contributed by atoms with Gasteiger partial charge in [0.15, 0.2) is 5.75 Å². The van der Waals surface area contributed by atoms with E-state index >= 15 is 0 Å². The van der Waals surface area contributed by atoms with E-state index in [1.165, 1.54) is 6.07 Å². The highest BCUT2D eigenvalue weighted by molar-refractivity contribution is 5.95. The Kier molecular flexibility index (Phi) is 4.25. The van der Waals surface area contributed by atoms with E-state index in [1.807, 2.05) is 13.8 Å². The number of benzene rings is 1. The minimum absolute atomic E-state index is 0.0647. The number of hydrogen-bond acceptors (Lipinski definition) is 4. The van der Waals surface area contributed by atoms with Gasteiger partial charge in [-0.2, -0.15) is 0 Å². The first kappa shape index (κ1) is 14.0. The number of nitro groups is 1. The molecule has 0 aromatic heterocycles. The predicted molar refractivity (Wildman–Crippen MR) is 66.6 cm³/mol. The fraction of sp³-hybridized carbons (Fsp3) is 0.417. The van der Waals surface area contributed by atoms with Gasteiger partial charge in [0, 0.05) is 24.7 Å². The summed E-state index contributed by atoms with van der Waals surface area (Å²) in [6.45, 7) is 3.87. The molecule has 0 bridgehead atoms. The normalized spacial score (nSPS) is 11.9. The van der Waals surface area contributed by atoms with Crippen LogP contribution in [-0.2, 0) is 0 Å². The van der Waals surface area contributed by atoms with E-state index in [9.17, 15) is 20.0 Å². The fourth-order valence-electron chi connectivity index (χ4n) is 1.49. The largest absolute Gasteiger partial charge is 0.502 e. The van der Waals surface area contributed by atoms with Crippen molar-refractivity contribution >= 4 is 11.6 Å². The Morgan fingerprint density at radius 2 is 2.17 bits per heavy atom. The number of rotatable bonds is 4. The van der Waals surface area contributed by atoms with Crippen LogP contribution < -0.4 is 0 Å². The molecule has 0 heterocycles. The molecule has 0 radical (unpaired) electrons. The number of nitro benzene ring substituents is 1.